The summed E-state index contributed by atoms with van der Waals surface area (Å²) in [6.07, 6.45) is 8.13. The molecule has 5 heteroatoms. The van der Waals surface area contributed by atoms with Gasteiger partial charge in [0.05, 0.1) is 12.4 Å². The second-order valence-electron chi connectivity index (χ2n) is 6.09. The van der Waals surface area contributed by atoms with Crippen molar-refractivity contribution in [3.63, 3.8) is 0 Å². The topological polar surface area (TPSA) is 65.0 Å². The van der Waals surface area contributed by atoms with Gasteiger partial charge in [-0.2, -0.15) is 0 Å². The van der Waals surface area contributed by atoms with Crippen LogP contribution in [-0.4, -0.2) is 24.0 Å². The van der Waals surface area contributed by atoms with Crippen molar-refractivity contribution in [1.29, 1.82) is 0 Å². The number of carbonyl (C=O) groups is 1. The van der Waals surface area contributed by atoms with Gasteiger partial charge in [-0.15, -0.1) is 0 Å². The van der Waals surface area contributed by atoms with Crippen LogP contribution in [0.15, 0.2) is 25.0 Å². The number of hydrogen-bond acceptors (Lipinski definition) is 5. The average Bonchev–Trinajstić information content (AvgIpc) is 2.52. The normalized spacial score (nSPS) is 19.2. The van der Waals surface area contributed by atoms with Gasteiger partial charge in [-0.3, -0.25) is 0 Å². The zero-order valence-electron chi connectivity index (χ0n) is 14.3. The van der Waals surface area contributed by atoms with Crippen molar-refractivity contribution in [3.05, 3.63) is 36.1 Å². The standard InChI is InChI=1S/C19H26O5/c1-3-22-13-23-16-11-15-10-8-6-4-5-7-9-14(2)24-19(21)18(15)17(20)12-16/h3,11-12,14,20H,1,4-10,13H2,2H3/t14-/m1/s1. The Kier molecular flexibility index (Phi) is 6.97. The van der Waals surface area contributed by atoms with E-state index in [-0.39, 0.29) is 24.2 Å². The lowest BCUT2D eigenvalue weighted by Crippen LogP contribution is -2.17. The Bertz CT molecular complexity index is 567. The number of hydrogen-bond donors (Lipinski definition) is 1. The van der Waals surface area contributed by atoms with E-state index in [0.29, 0.717) is 12.2 Å². The van der Waals surface area contributed by atoms with Gasteiger partial charge in [-0.25, -0.2) is 4.79 Å². The molecule has 0 aliphatic carbocycles. The molecule has 0 amide bonds. The molecular weight excluding hydrogens is 308 g/mol. The molecule has 0 radical (unpaired) electrons. The van der Waals surface area contributed by atoms with Gasteiger partial charge < -0.3 is 19.3 Å². The van der Waals surface area contributed by atoms with Crippen LogP contribution in [0.5, 0.6) is 11.5 Å². The summed E-state index contributed by atoms with van der Waals surface area (Å²) in [5.41, 5.74) is 1.00. The second-order valence-corrected chi connectivity index (χ2v) is 6.09. The summed E-state index contributed by atoms with van der Waals surface area (Å²) in [6.45, 7) is 5.34. The zero-order valence-corrected chi connectivity index (χ0v) is 14.3. The summed E-state index contributed by atoms with van der Waals surface area (Å²) in [5, 5.41) is 10.3. The van der Waals surface area contributed by atoms with E-state index in [1.54, 1.807) is 6.07 Å². The van der Waals surface area contributed by atoms with Gasteiger partial charge >= 0.3 is 5.97 Å². The number of cyclic esters (lactones) is 1. The summed E-state index contributed by atoms with van der Waals surface area (Å²) in [5.74, 6) is -0.124. The van der Waals surface area contributed by atoms with E-state index in [1.165, 1.54) is 18.7 Å². The quantitative estimate of drug-likeness (QED) is 0.384. The second kappa shape index (κ2) is 9.21. The zero-order chi connectivity index (χ0) is 17.4. The van der Waals surface area contributed by atoms with Gasteiger partial charge in [0, 0.05) is 6.07 Å². The monoisotopic (exact) mass is 334 g/mol. The molecule has 1 heterocycles. The molecular formula is C19H26O5. The van der Waals surface area contributed by atoms with Crippen molar-refractivity contribution in [2.75, 3.05) is 6.79 Å². The minimum absolute atomic E-state index is 0.00318. The lowest BCUT2D eigenvalue weighted by Gasteiger charge is -2.18. The highest BCUT2D eigenvalue weighted by molar-refractivity contribution is 5.94. The number of benzene rings is 1. The summed E-state index contributed by atoms with van der Waals surface area (Å²) < 4.78 is 15.8. The van der Waals surface area contributed by atoms with E-state index in [0.717, 1.165) is 37.7 Å². The molecule has 1 atom stereocenters. The first-order valence-corrected chi connectivity index (χ1v) is 8.54. The largest absolute Gasteiger partial charge is 0.507 e. The molecule has 132 valence electrons. The predicted molar refractivity (Wildman–Crippen MR) is 91.2 cm³/mol. The van der Waals surface area contributed by atoms with Gasteiger partial charge in [0.15, 0.2) is 0 Å². The van der Waals surface area contributed by atoms with Crippen LogP contribution in [-0.2, 0) is 15.9 Å². The number of carbonyl (C=O) groups excluding carboxylic acids is 1. The van der Waals surface area contributed by atoms with Crippen LogP contribution in [0.3, 0.4) is 0 Å². The van der Waals surface area contributed by atoms with Crippen molar-refractivity contribution >= 4 is 5.97 Å². The molecule has 0 bridgehead atoms. The third-order valence-corrected chi connectivity index (χ3v) is 4.15. The van der Waals surface area contributed by atoms with Crippen LogP contribution >= 0.6 is 0 Å². The lowest BCUT2D eigenvalue weighted by atomic mass is 9.98. The maximum atomic E-state index is 12.5. The Hall–Kier alpha value is -2.17. The van der Waals surface area contributed by atoms with E-state index in [1.807, 2.05) is 6.92 Å². The summed E-state index contributed by atoms with van der Waals surface area (Å²) >= 11 is 0. The Labute approximate surface area is 143 Å². The fourth-order valence-corrected chi connectivity index (χ4v) is 2.90. The van der Waals surface area contributed by atoms with Crippen LogP contribution in [0.4, 0.5) is 0 Å². The molecule has 0 unspecified atom stereocenters. The van der Waals surface area contributed by atoms with Crippen LogP contribution < -0.4 is 4.74 Å². The maximum Gasteiger partial charge on any atom is 0.342 e. The Balaban J connectivity index is 2.25. The van der Waals surface area contributed by atoms with Crippen molar-refractivity contribution in [2.45, 2.75) is 58.0 Å². The fourth-order valence-electron chi connectivity index (χ4n) is 2.90. The molecule has 0 saturated carbocycles. The number of phenols is 1. The van der Waals surface area contributed by atoms with Crippen molar-refractivity contribution in [1.82, 2.24) is 0 Å². The molecule has 2 rings (SSSR count). The van der Waals surface area contributed by atoms with Gasteiger partial charge in [-0.05, 0) is 44.2 Å². The van der Waals surface area contributed by atoms with Gasteiger partial charge in [0.25, 0.3) is 0 Å². The molecule has 1 aromatic rings. The Morgan fingerprint density at radius 2 is 2.04 bits per heavy atom. The first kappa shape index (κ1) is 18.2. The van der Waals surface area contributed by atoms with Crippen LogP contribution in [0.1, 0.15) is 61.4 Å². The van der Waals surface area contributed by atoms with E-state index in [4.69, 9.17) is 14.2 Å². The smallest absolute Gasteiger partial charge is 0.342 e. The minimum Gasteiger partial charge on any atom is -0.507 e. The number of ether oxygens (including phenoxy) is 3. The SMILES string of the molecule is C=COCOc1cc(O)c2c(c1)CCCCCCC[C@@H](C)OC2=O. The third-order valence-electron chi connectivity index (χ3n) is 4.15. The molecule has 1 N–H and O–H groups in total. The van der Waals surface area contributed by atoms with E-state index < -0.39 is 5.97 Å². The van der Waals surface area contributed by atoms with Crippen molar-refractivity contribution in [2.24, 2.45) is 0 Å². The summed E-state index contributed by atoms with van der Waals surface area (Å²) in [7, 11) is 0. The number of aromatic hydroxyl groups is 1. The minimum atomic E-state index is -0.468. The number of phenolic OH excluding ortho intramolecular Hbond substituents is 1. The molecule has 24 heavy (non-hydrogen) atoms. The fraction of sp³-hybridized carbons (Fsp3) is 0.526. The molecule has 0 saturated heterocycles. The van der Waals surface area contributed by atoms with Crippen LogP contribution in [0.2, 0.25) is 0 Å². The molecule has 5 nitrogen and oxygen atoms in total. The van der Waals surface area contributed by atoms with E-state index in [2.05, 4.69) is 6.58 Å². The first-order chi connectivity index (χ1) is 11.6. The molecule has 1 aliphatic rings. The molecule has 1 aromatic carbocycles. The van der Waals surface area contributed by atoms with Gasteiger partial charge in [-0.1, -0.05) is 25.8 Å². The van der Waals surface area contributed by atoms with Gasteiger partial charge in [0.2, 0.25) is 6.79 Å². The molecule has 0 fully saturated rings. The maximum absolute atomic E-state index is 12.5. The van der Waals surface area contributed by atoms with Crippen LogP contribution in [0, 0.1) is 0 Å². The van der Waals surface area contributed by atoms with E-state index >= 15 is 0 Å². The van der Waals surface area contributed by atoms with Crippen LogP contribution in [0.25, 0.3) is 0 Å². The highest BCUT2D eigenvalue weighted by Crippen LogP contribution is 2.31. The van der Waals surface area contributed by atoms with Gasteiger partial charge in [0.1, 0.15) is 17.1 Å². The molecule has 1 aliphatic heterocycles. The Morgan fingerprint density at radius 1 is 1.29 bits per heavy atom. The Morgan fingerprint density at radius 3 is 2.83 bits per heavy atom. The number of aryl methyl sites for hydroxylation is 1. The molecule has 0 aromatic heterocycles. The van der Waals surface area contributed by atoms with Crippen molar-refractivity contribution in [3.8, 4) is 11.5 Å². The lowest BCUT2D eigenvalue weighted by molar-refractivity contribution is 0.0314. The highest BCUT2D eigenvalue weighted by Gasteiger charge is 2.22. The number of esters is 1. The predicted octanol–water partition coefficient (Wildman–Crippen LogP) is 4.33. The molecule has 0 spiro atoms. The van der Waals surface area contributed by atoms with Crippen molar-refractivity contribution < 1.29 is 24.1 Å². The third kappa shape index (κ3) is 5.18. The van der Waals surface area contributed by atoms with E-state index in [9.17, 15) is 9.90 Å². The summed E-state index contributed by atoms with van der Waals surface area (Å²) in [4.78, 5) is 12.5. The highest BCUT2D eigenvalue weighted by atomic mass is 16.7. The summed E-state index contributed by atoms with van der Waals surface area (Å²) in [6, 6.07) is 3.20. The average molecular weight is 334 g/mol. The number of rotatable bonds is 4. The first-order valence-electron chi connectivity index (χ1n) is 8.54. The number of fused-ring (bicyclic) bond motifs is 1.